The average Bonchev–Trinajstić information content (AvgIpc) is 3.27. The summed E-state index contributed by atoms with van der Waals surface area (Å²) in [5, 5.41) is 3.86. The van der Waals surface area contributed by atoms with Gasteiger partial charge < -0.3 is 5.32 Å². The molecule has 7 nitrogen and oxygen atoms in total. The van der Waals surface area contributed by atoms with Crippen LogP contribution in [0.4, 0.5) is 13.2 Å². The third-order valence-corrected chi connectivity index (χ3v) is 9.15. The Kier molecular flexibility index (Phi) is 7.42. The van der Waals surface area contributed by atoms with Crippen LogP contribution < -0.4 is 5.32 Å². The predicted octanol–water partition coefficient (Wildman–Crippen LogP) is 4.44. The molecule has 5 rings (SSSR count). The molecule has 0 unspecified atom stereocenters. The summed E-state index contributed by atoms with van der Waals surface area (Å²) in [6.45, 7) is 0.888. The fraction of sp³-hybridized carbons (Fsp3) is 0.304. The highest BCUT2D eigenvalue weighted by molar-refractivity contribution is 8.04. The van der Waals surface area contributed by atoms with E-state index in [2.05, 4.69) is 10.3 Å². The highest BCUT2D eigenvalue weighted by atomic mass is 35.5. The Morgan fingerprint density at radius 1 is 1.11 bits per heavy atom. The largest absolute Gasteiger partial charge is 0.416 e. The molecule has 0 atom stereocenters. The number of aromatic nitrogens is 2. The van der Waals surface area contributed by atoms with E-state index in [1.807, 2.05) is 22.6 Å². The first kappa shape index (κ1) is 26.5. The third kappa shape index (κ3) is 5.13. The van der Waals surface area contributed by atoms with E-state index in [1.165, 1.54) is 16.1 Å². The van der Waals surface area contributed by atoms with E-state index in [0.29, 0.717) is 24.3 Å². The van der Waals surface area contributed by atoms with Crippen molar-refractivity contribution in [1.29, 1.82) is 0 Å². The third-order valence-electron chi connectivity index (χ3n) is 6.18. The molecule has 13 heteroatoms. The molecular formula is C23H22ClF3N4O3S2. The minimum absolute atomic E-state index is 0. The van der Waals surface area contributed by atoms with Crippen LogP contribution in [0.5, 0.6) is 0 Å². The lowest BCUT2D eigenvalue weighted by atomic mass is 9.98. The number of carbonyl (C=O) groups excluding carboxylic acids is 1. The van der Waals surface area contributed by atoms with E-state index in [4.69, 9.17) is 0 Å². The van der Waals surface area contributed by atoms with Crippen molar-refractivity contribution in [2.45, 2.75) is 28.9 Å². The van der Waals surface area contributed by atoms with Gasteiger partial charge in [0.15, 0.2) is 0 Å². The smallest absolute Gasteiger partial charge is 0.351 e. The minimum atomic E-state index is -4.52. The van der Waals surface area contributed by atoms with Crippen LogP contribution in [-0.2, 0) is 21.0 Å². The van der Waals surface area contributed by atoms with E-state index >= 15 is 0 Å². The second-order valence-electron chi connectivity index (χ2n) is 8.43. The molecule has 192 valence electrons. The van der Waals surface area contributed by atoms with Crippen molar-refractivity contribution in [2.75, 3.05) is 19.6 Å². The highest BCUT2D eigenvalue weighted by Crippen LogP contribution is 2.35. The van der Waals surface area contributed by atoms with Crippen molar-refractivity contribution >= 4 is 51.8 Å². The normalized spacial score (nSPS) is 16.9. The zero-order chi connectivity index (χ0) is 24.8. The fourth-order valence-corrected chi connectivity index (χ4v) is 6.72. The Morgan fingerprint density at radius 2 is 1.81 bits per heavy atom. The lowest BCUT2D eigenvalue weighted by molar-refractivity contribution is -0.137. The first-order valence-corrected chi connectivity index (χ1v) is 13.2. The zero-order valence-corrected chi connectivity index (χ0v) is 21.2. The van der Waals surface area contributed by atoms with Gasteiger partial charge in [-0.25, -0.2) is 13.4 Å². The molecule has 0 radical (unpaired) electrons. The second-order valence-corrected chi connectivity index (χ2v) is 11.4. The molecule has 1 fully saturated rings. The van der Waals surface area contributed by atoms with Crippen molar-refractivity contribution in [1.82, 2.24) is 19.0 Å². The number of nitrogens with zero attached hydrogens (tertiary/aromatic N) is 3. The molecule has 36 heavy (non-hydrogen) atoms. The molecule has 1 N–H and O–H groups in total. The maximum absolute atomic E-state index is 12.8. The van der Waals surface area contributed by atoms with E-state index < -0.39 is 21.8 Å². The SMILES string of the molecule is Cl.O=C(NCC1CCN(S(=O)(=O)c2ccc(C(F)(F)F)cc2)CC1)C1=Cc2cnc3cccc(n23)S1. The molecule has 0 bridgehead atoms. The first-order chi connectivity index (χ1) is 16.6. The number of alkyl halides is 3. The number of halogens is 4. The van der Waals surface area contributed by atoms with Crippen molar-refractivity contribution in [3.63, 3.8) is 0 Å². The van der Waals surface area contributed by atoms with Gasteiger partial charge in [-0.2, -0.15) is 17.5 Å². The van der Waals surface area contributed by atoms with Crippen LogP contribution in [0.2, 0.25) is 0 Å². The molecule has 4 heterocycles. The molecule has 0 spiro atoms. The van der Waals surface area contributed by atoms with Gasteiger partial charge in [-0.3, -0.25) is 9.20 Å². The lowest BCUT2D eigenvalue weighted by Gasteiger charge is -2.31. The molecule has 1 aromatic carbocycles. The number of imidazole rings is 1. The van der Waals surface area contributed by atoms with Crippen molar-refractivity contribution in [3.05, 3.63) is 64.8 Å². The summed E-state index contributed by atoms with van der Waals surface area (Å²) in [5.41, 5.74) is 0.762. The van der Waals surface area contributed by atoms with Gasteiger partial charge in [0.1, 0.15) is 5.65 Å². The van der Waals surface area contributed by atoms with E-state index in [0.717, 1.165) is 40.6 Å². The Morgan fingerprint density at radius 3 is 2.47 bits per heavy atom. The summed E-state index contributed by atoms with van der Waals surface area (Å²) < 4.78 is 67.2. The lowest BCUT2D eigenvalue weighted by Crippen LogP contribution is -2.41. The monoisotopic (exact) mass is 558 g/mol. The van der Waals surface area contributed by atoms with Gasteiger partial charge in [0.05, 0.1) is 32.3 Å². The number of hydrogen-bond donors (Lipinski definition) is 1. The van der Waals surface area contributed by atoms with E-state index in [9.17, 15) is 26.4 Å². The first-order valence-electron chi connectivity index (χ1n) is 10.9. The van der Waals surface area contributed by atoms with Gasteiger partial charge in [-0.05, 0) is 61.2 Å². The Labute approximate surface area is 216 Å². The molecule has 1 amide bonds. The van der Waals surface area contributed by atoms with Crippen LogP contribution in [0.1, 0.15) is 24.1 Å². The van der Waals surface area contributed by atoms with Gasteiger partial charge in [0.2, 0.25) is 10.0 Å². The maximum atomic E-state index is 12.8. The second kappa shape index (κ2) is 10.1. The van der Waals surface area contributed by atoms with E-state index in [1.54, 1.807) is 12.3 Å². The average molecular weight is 559 g/mol. The number of thioether (sulfide) groups is 1. The number of amides is 1. The number of benzene rings is 1. The van der Waals surface area contributed by atoms with Crippen molar-refractivity contribution in [3.8, 4) is 0 Å². The minimum Gasteiger partial charge on any atom is -0.351 e. The van der Waals surface area contributed by atoms with Gasteiger partial charge in [0, 0.05) is 19.6 Å². The molecule has 2 aromatic heterocycles. The van der Waals surface area contributed by atoms with E-state index in [-0.39, 0.29) is 42.2 Å². The Bertz CT molecular complexity index is 1410. The zero-order valence-electron chi connectivity index (χ0n) is 18.7. The molecule has 2 aliphatic rings. The number of carbonyl (C=O) groups is 1. The molecule has 0 aliphatic carbocycles. The van der Waals surface area contributed by atoms with Gasteiger partial charge in [0.25, 0.3) is 5.91 Å². The number of sulfonamides is 1. The maximum Gasteiger partial charge on any atom is 0.416 e. The molecule has 0 saturated carbocycles. The highest BCUT2D eigenvalue weighted by Gasteiger charge is 2.33. The Balaban J connectivity index is 0.00000304. The van der Waals surface area contributed by atoms with Crippen molar-refractivity contribution < 1.29 is 26.4 Å². The topological polar surface area (TPSA) is 83.8 Å². The number of hydrogen-bond acceptors (Lipinski definition) is 5. The summed E-state index contributed by atoms with van der Waals surface area (Å²) in [4.78, 5) is 17.5. The van der Waals surface area contributed by atoms with Gasteiger partial charge >= 0.3 is 6.18 Å². The summed E-state index contributed by atoms with van der Waals surface area (Å²) in [7, 11) is -3.88. The van der Waals surface area contributed by atoms with Crippen LogP contribution in [-0.4, -0.2) is 47.6 Å². The summed E-state index contributed by atoms with van der Waals surface area (Å²) in [6.07, 6.45) is 0.0769. The van der Waals surface area contributed by atoms with Gasteiger partial charge in [-0.15, -0.1) is 12.4 Å². The van der Waals surface area contributed by atoms with Crippen LogP contribution in [0.3, 0.4) is 0 Å². The number of pyridine rings is 1. The standard InChI is InChI=1S/C23H21F3N4O3S2.ClH/c24-23(25,26)16-4-6-18(7-5-16)35(32,33)29-10-8-15(9-11-29)13-28-22(31)19-12-17-14-27-20-2-1-3-21(34-19)30(17)20;/h1-7,12,14-15H,8-11,13H2,(H,28,31);1H. The predicted molar refractivity (Wildman–Crippen MR) is 132 cm³/mol. The van der Waals surface area contributed by atoms with Crippen LogP contribution in [0.25, 0.3) is 11.7 Å². The van der Waals surface area contributed by atoms with Crippen molar-refractivity contribution in [2.24, 2.45) is 5.92 Å². The number of nitrogens with one attached hydrogen (secondary N) is 1. The van der Waals surface area contributed by atoms with Crippen LogP contribution >= 0.6 is 24.2 Å². The van der Waals surface area contributed by atoms with Gasteiger partial charge in [-0.1, -0.05) is 17.8 Å². The molecule has 1 saturated heterocycles. The summed E-state index contributed by atoms with van der Waals surface area (Å²) >= 11 is 1.37. The number of piperidine rings is 1. The Hall–Kier alpha value is -2.54. The van der Waals surface area contributed by atoms with Crippen LogP contribution in [0.15, 0.2) is 63.5 Å². The molecular weight excluding hydrogens is 537 g/mol. The quantitative estimate of drug-likeness (QED) is 0.501. The molecule has 3 aromatic rings. The summed E-state index contributed by atoms with van der Waals surface area (Å²) in [6, 6.07) is 9.26. The molecule has 2 aliphatic heterocycles. The fourth-order valence-electron chi connectivity index (χ4n) is 4.24. The van der Waals surface area contributed by atoms with Crippen LogP contribution in [0, 0.1) is 5.92 Å². The summed E-state index contributed by atoms with van der Waals surface area (Å²) in [5.74, 6) is -0.0968. The number of rotatable bonds is 5.